The van der Waals surface area contributed by atoms with E-state index in [4.69, 9.17) is 22.1 Å². The Balaban J connectivity index is 1.92. The molecule has 2 fully saturated rings. The number of rotatable bonds is 3. The SMILES string of the molecule is NCCc1c(Cl)cccc1N1CCOC2CCCCC21. The Hall–Kier alpha value is -0.770. The van der Waals surface area contributed by atoms with Crippen molar-refractivity contribution >= 4 is 17.3 Å². The molecule has 2 unspecified atom stereocenters. The molecule has 110 valence electrons. The van der Waals surface area contributed by atoms with Crippen LogP contribution < -0.4 is 10.6 Å². The molecule has 1 heterocycles. The van der Waals surface area contributed by atoms with Crippen LogP contribution in [0, 0.1) is 0 Å². The standard InChI is InChI=1S/C16H23ClN2O/c17-13-4-3-6-14(12(13)8-9-18)19-10-11-20-16-7-2-1-5-15(16)19/h3-4,6,15-16H,1-2,5,7-11,18H2. The molecule has 1 aliphatic carbocycles. The van der Waals surface area contributed by atoms with Crippen LogP contribution >= 0.6 is 11.6 Å². The molecule has 2 aliphatic rings. The number of benzene rings is 1. The summed E-state index contributed by atoms with van der Waals surface area (Å²) in [5, 5.41) is 0.840. The fourth-order valence-corrected chi connectivity index (χ4v) is 3.87. The van der Waals surface area contributed by atoms with Crippen molar-refractivity contribution in [2.75, 3.05) is 24.6 Å². The highest BCUT2D eigenvalue weighted by molar-refractivity contribution is 6.31. The molecule has 0 radical (unpaired) electrons. The predicted octanol–water partition coefficient (Wildman–Crippen LogP) is 2.99. The molecule has 0 aromatic heterocycles. The Kier molecular flexibility index (Phi) is 4.49. The van der Waals surface area contributed by atoms with Crippen LogP contribution in [0.25, 0.3) is 0 Å². The molecule has 1 saturated carbocycles. The molecule has 1 aromatic rings. The maximum atomic E-state index is 6.39. The van der Waals surface area contributed by atoms with Gasteiger partial charge >= 0.3 is 0 Å². The molecule has 1 aromatic carbocycles. The molecule has 2 atom stereocenters. The van der Waals surface area contributed by atoms with Gasteiger partial charge in [-0.15, -0.1) is 0 Å². The minimum atomic E-state index is 0.391. The lowest BCUT2D eigenvalue weighted by Gasteiger charge is -2.45. The average molecular weight is 295 g/mol. The van der Waals surface area contributed by atoms with E-state index in [0.717, 1.165) is 24.6 Å². The number of ether oxygens (including phenoxy) is 1. The summed E-state index contributed by atoms with van der Waals surface area (Å²) in [6.45, 7) is 2.41. The van der Waals surface area contributed by atoms with E-state index in [-0.39, 0.29) is 0 Å². The van der Waals surface area contributed by atoms with Crippen LogP contribution in [0.2, 0.25) is 5.02 Å². The maximum absolute atomic E-state index is 6.39. The first-order valence-corrected chi connectivity index (χ1v) is 8.05. The van der Waals surface area contributed by atoms with Gasteiger partial charge in [0.2, 0.25) is 0 Å². The summed E-state index contributed by atoms with van der Waals surface area (Å²) in [5.41, 5.74) is 8.22. The van der Waals surface area contributed by atoms with Crippen molar-refractivity contribution in [3.63, 3.8) is 0 Å². The zero-order valence-electron chi connectivity index (χ0n) is 11.9. The number of morpholine rings is 1. The molecular formula is C16H23ClN2O. The molecule has 4 heteroatoms. The molecular weight excluding hydrogens is 272 g/mol. The number of anilines is 1. The molecule has 3 rings (SSSR count). The second kappa shape index (κ2) is 6.33. The molecule has 1 aliphatic heterocycles. The summed E-state index contributed by atoms with van der Waals surface area (Å²) in [5.74, 6) is 0. The summed E-state index contributed by atoms with van der Waals surface area (Å²) in [6.07, 6.45) is 6.23. The third-order valence-electron chi connectivity index (χ3n) is 4.53. The van der Waals surface area contributed by atoms with Gasteiger partial charge in [-0.3, -0.25) is 0 Å². The van der Waals surface area contributed by atoms with Gasteiger partial charge in [0.05, 0.1) is 18.8 Å². The maximum Gasteiger partial charge on any atom is 0.0779 e. The molecule has 3 nitrogen and oxygen atoms in total. The highest BCUT2D eigenvalue weighted by atomic mass is 35.5. The first kappa shape index (κ1) is 14.2. The lowest BCUT2D eigenvalue weighted by molar-refractivity contribution is -0.00873. The fourth-order valence-electron chi connectivity index (χ4n) is 3.60. The minimum Gasteiger partial charge on any atom is -0.374 e. The fraction of sp³-hybridized carbons (Fsp3) is 0.625. The number of nitrogens with zero attached hydrogens (tertiary/aromatic N) is 1. The van der Waals surface area contributed by atoms with Crippen LogP contribution in [-0.2, 0) is 11.2 Å². The lowest BCUT2D eigenvalue weighted by Crippen LogP contribution is -2.53. The quantitative estimate of drug-likeness (QED) is 0.931. The molecule has 2 N–H and O–H groups in total. The van der Waals surface area contributed by atoms with E-state index in [2.05, 4.69) is 11.0 Å². The van der Waals surface area contributed by atoms with E-state index in [1.165, 1.54) is 36.9 Å². The molecule has 20 heavy (non-hydrogen) atoms. The molecule has 0 bridgehead atoms. The predicted molar refractivity (Wildman–Crippen MR) is 83.6 cm³/mol. The van der Waals surface area contributed by atoms with Crippen LogP contribution in [-0.4, -0.2) is 31.8 Å². The van der Waals surface area contributed by atoms with Crippen molar-refractivity contribution in [3.05, 3.63) is 28.8 Å². The van der Waals surface area contributed by atoms with E-state index in [0.29, 0.717) is 18.7 Å². The third-order valence-corrected chi connectivity index (χ3v) is 4.88. The first-order valence-electron chi connectivity index (χ1n) is 7.67. The van der Waals surface area contributed by atoms with Crippen LogP contribution in [0.4, 0.5) is 5.69 Å². The Bertz CT molecular complexity index is 464. The number of hydrogen-bond acceptors (Lipinski definition) is 3. The average Bonchev–Trinajstić information content (AvgIpc) is 2.49. The van der Waals surface area contributed by atoms with E-state index in [1.807, 2.05) is 12.1 Å². The van der Waals surface area contributed by atoms with Crippen LogP contribution in [0.1, 0.15) is 31.2 Å². The summed E-state index contributed by atoms with van der Waals surface area (Å²) in [4.78, 5) is 2.52. The summed E-state index contributed by atoms with van der Waals surface area (Å²) >= 11 is 6.39. The van der Waals surface area contributed by atoms with Gasteiger partial charge in [0.1, 0.15) is 0 Å². The third kappa shape index (κ3) is 2.67. The van der Waals surface area contributed by atoms with Gasteiger partial charge in [-0.25, -0.2) is 0 Å². The molecule has 0 spiro atoms. The number of nitrogens with two attached hydrogens (primary N) is 1. The van der Waals surface area contributed by atoms with Crippen molar-refractivity contribution in [2.24, 2.45) is 5.73 Å². The molecule has 0 amide bonds. The normalized spacial score (nSPS) is 26.4. The van der Waals surface area contributed by atoms with Crippen molar-refractivity contribution < 1.29 is 4.74 Å². The Morgan fingerprint density at radius 1 is 1.30 bits per heavy atom. The summed E-state index contributed by atoms with van der Waals surface area (Å²) in [7, 11) is 0. The van der Waals surface area contributed by atoms with Crippen LogP contribution in [0.3, 0.4) is 0 Å². The largest absolute Gasteiger partial charge is 0.374 e. The van der Waals surface area contributed by atoms with Gasteiger partial charge in [-0.05, 0) is 43.5 Å². The Morgan fingerprint density at radius 3 is 3.00 bits per heavy atom. The first-order chi connectivity index (χ1) is 9.81. The van der Waals surface area contributed by atoms with Crippen LogP contribution in [0.15, 0.2) is 18.2 Å². The number of halogens is 1. The zero-order valence-corrected chi connectivity index (χ0v) is 12.6. The Morgan fingerprint density at radius 2 is 2.15 bits per heavy atom. The lowest BCUT2D eigenvalue weighted by atomic mass is 9.89. The smallest absolute Gasteiger partial charge is 0.0779 e. The van der Waals surface area contributed by atoms with Gasteiger partial charge in [0, 0.05) is 17.3 Å². The van der Waals surface area contributed by atoms with Crippen LogP contribution in [0.5, 0.6) is 0 Å². The van der Waals surface area contributed by atoms with E-state index in [9.17, 15) is 0 Å². The van der Waals surface area contributed by atoms with Gasteiger partial charge in [0.25, 0.3) is 0 Å². The second-order valence-corrected chi connectivity index (χ2v) is 6.14. The van der Waals surface area contributed by atoms with Crippen molar-refractivity contribution in [2.45, 2.75) is 44.2 Å². The Labute approximate surface area is 126 Å². The number of hydrogen-bond donors (Lipinski definition) is 1. The minimum absolute atomic E-state index is 0.391. The van der Waals surface area contributed by atoms with Gasteiger partial charge in [-0.2, -0.15) is 0 Å². The van der Waals surface area contributed by atoms with Crippen molar-refractivity contribution in [3.8, 4) is 0 Å². The topological polar surface area (TPSA) is 38.5 Å². The van der Waals surface area contributed by atoms with Gasteiger partial charge in [-0.1, -0.05) is 30.5 Å². The van der Waals surface area contributed by atoms with E-state index < -0.39 is 0 Å². The monoisotopic (exact) mass is 294 g/mol. The van der Waals surface area contributed by atoms with Gasteiger partial charge in [0.15, 0.2) is 0 Å². The number of fused-ring (bicyclic) bond motifs is 1. The van der Waals surface area contributed by atoms with Gasteiger partial charge < -0.3 is 15.4 Å². The highest BCUT2D eigenvalue weighted by Gasteiger charge is 2.35. The summed E-state index contributed by atoms with van der Waals surface area (Å²) < 4.78 is 5.96. The van der Waals surface area contributed by atoms with Crippen molar-refractivity contribution in [1.82, 2.24) is 0 Å². The molecule has 1 saturated heterocycles. The second-order valence-electron chi connectivity index (χ2n) is 5.73. The highest BCUT2D eigenvalue weighted by Crippen LogP contribution is 2.35. The van der Waals surface area contributed by atoms with Crippen molar-refractivity contribution in [1.29, 1.82) is 0 Å². The summed E-state index contributed by atoms with van der Waals surface area (Å²) in [6, 6.07) is 6.71. The van der Waals surface area contributed by atoms with E-state index in [1.54, 1.807) is 0 Å². The zero-order chi connectivity index (χ0) is 13.9. The van der Waals surface area contributed by atoms with E-state index >= 15 is 0 Å².